The molecule has 0 aliphatic rings. The van der Waals surface area contributed by atoms with E-state index in [1.54, 1.807) is 33.5 Å². The monoisotopic (exact) mass is 407 g/mol. The van der Waals surface area contributed by atoms with Crippen LogP contribution in [0.5, 0.6) is 17.2 Å². The van der Waals surface area contributed by atoms with Gasteiger partial charge in [-0.2, -0.15) is 0 Å². The summed E-state index contributed by atoms with van der Waals surface area (Å²) in [6.07, 6.45) is 0.210. The van der Waals surface area contributed by atoms with Crippen molar-refractivity contribution in [2.24, 2.45) is 0 Å². The topological polar surface area (TPSA) is 56.8 Å². The van der Waals surface area contributed by atoms with Crippen LogP contribution in [0.25, 0.3) is 0 Å². The highest BCUT2D eigenvalue weighted by atomic mass is 79.9. The zero-order valence-corrected chi connectivity index (χ0v) is 16.3. The third kappa shape index (κ3) is 4.89. The number of benzene rings is 2. The van der Waals surface area contributed by atoms with Crippen molar-refractivity contribution in [3.8, 4) is 17.2 Å². The van der Waals surface area contributed by atoms with E-state index < -0.39 is 0 Å². The quantitative estimate of drug-likeness (QED) is 0.755. The van der Waals surface area contributed by atoms with E-state index >= 15 is 0 Å². The lowest BCUT2D eigenvalue weighted by Crippen LogP contribution is -2.28. The van der Waals surface area contributed by atoms with Crippen molar-refractivity contribution in [3.05, 3.63) is 52.0 Å². The fourth-order valence-corrected chi connectivity index (χ4v) is 3.08. The summed E-state index contributed by atoms with van der Waals surface area (Å²) in [5.41, 5.74) is 1.76. The molecule has 0 aliphatic carbocycles. The smallest absolute Gasteiger partial charge is 0.225 e. The third-order valence-electron chi connectivity index (χ3n) is 3.89. The predicted octanol–water partition coefficient (Wildman–Crippen LogP) is 3.89. The molecular weight excluding hydrogens is 386 g/mol. The maximum atomic E-state index is 12.4. The van der Waals surface area contributed by atoms with E-state index in [9.17, 15) is 4.79 Å². The van der Waals surface area contributed by atoms with Crippen LogP contribution in [0.4, 0.5) is 0 Å². The Balaban J connectivity index is 2.08. The molecule has 1 unspecified atom stereocenters. The summed E-state index contributed by atoms with van der Waals surface area (Å²) in [6, 6.07) is 11.0. The zero-order valence-electron chi connectivity index (χ0n) is 14.8. The lowest BCUT2D eigenvalue weighted by Gasteiger charge is -2.16. The first-order valence-electron chi connectivity index (χ1n) is 7.82. The molecule has 2 aromatic rings. The number of amides is 1. The second kappa shape index (κ2) is 8.76. The normalized spacial score (nSPS) is 11.6. The molecule has 0 aromatic heterocycles. The van der Waals surface area contributed by atoms with E-state index in [1.165, 1.54) is 0 Å². The highest BCUT2D eigenvalue weighted by Gasteiger charge is 2.14. The van der Waals surface area contributed by atoms with Crippen LogP contribution in [-0.4, -0.2) is 27.2 Å². The molecule has 1 N–H and O–H groups in total. The molecule has 5 nitrogen and oxygen atoms in total. The van der Waals surface area contributed by atoms with E-state index in [4.69, 9.17) is 14.2 Å². The number of halogens is 1. The van der Waals surface area contributed by atoms with Gasteiger partial charge in [0.2, 0.25) is 5.91 Å². The van der Waals surface area contributed by atoms with Gasteiger partial charge in [-0.15, -0.1) is 0 Å². The minimum absolute atomic E-state index is 0.0917. The average Bonchev–Trinajstić information content (AvgIpc) is 2.61. The minimum Gasteiger partial charge on any atom is -0.497 e. The van der Waals surface area contributed by atoms with Crippen molar-refractivity contribution in [3.63, 3.8) is 0 Å². The largest absolute Gasteiger partial charge is 0.497 e. The summed E-state index contributed by atoms with van der Waals surface area (Å²) in [5, 5.41) is 3.00. The molecule has 0 fully saturated rings. The first-order valence-corrected chi connectivity index (χ1v) is 8.61. The lowest BCUT2D eigenvalue weighted by atomic mass is 10.1. The average molecular weight is 408 g/mol. The number of carbonyl (C=O) groups excluding carboxylic acids is 1. The first-order chi connectivity index (χ1) is 12.0. The van der Waals surface area contributed by atoms with Crippen molar-refractivity contribution in [2.45, 2.75) is 19.4 Å². The molecule has 0 heterocycles. The number of rotatable bonds is 7. The summed E-state index contributed by atoms with van der Waals surface area (Å²) in [4.78, 5) is 12.4. The van der Waals surface area contributed by atoms with Crippen molar-refractivity contribution in [2.75, 3.05) is 21.3 Å². The maximum Gasteiger partial charge on any atom is 0.225 e. The van der Waals surface area contributed by atoms with Gasteiger partial charge in [0.1, 0.15) is 17.2 Å². The van der Waals surface area contributed by atoms with E-state index in [2.05, 4.69) is 21.2 Å². The van der Waals surface area contributed by atoms with E-state index in [0.717, 1.165) is 21.3 Å². The maximum absolute atomic E-state index is 12.4. The Labute approximate surface area is 156 Å². The van der Waals surface area contributed by atoms with Gasteiger partial charge in [-0.1, -0.05) is 6.07 Å². The first kappa shape index (κ1) is 19.1. The van der Waals surface area contributed by atoms with E-state index in [1.807, 2.05) is 31.2 Å². The van der Waals surface area contributed by atoms with Crippen LogP contribution in [0, 0.1) is 0 Å². The number of hydrogen-bond acceptors (Lipinski definition) is 4. The molecule has 0 radical (unpaired) electrons. The highest BCUT2D eigenvalue weighted by molar-refractivity contribution is 9.10. The van der Waals surface area contributed by atoms with Crippen LogP contribution in [0.1, 0.15) is 24.1 Å². The van der Waals surface area contributed by atoms with E-state index in [0.29, 0.717) is 11.5 Å². The fraction of sp³-hybridized carbons (Fsp3) is 0.316. The molecule has 0 aliphatic heterocycles. The number of nitrogens with one attached hydrogen (secondary N) is 1. The van der Waals surface area contributed by atoms with Gasteiger partial charge in [0.25, 0.3) is 0 Å². The molecule has 25 heavy (non-hydrogen) atoms. The van der Waals surface area contributed by atoms with Gasteiger partial charge in [-0.3, -0.25) is 4.79 Å². The van der Waals surface area contributed by atoms with Crippen molar-refractivity contribution in [1.82, 2.24) is 5.32 Å². The van der Waals surface area contributed by atoms with Gasteiger partial charge in [-0.25, -0.2) is 0 Å². The Kier molecular flexibility index (Phi) is 6.70. The molecule has 0 saturated heterocycles. The molecule has 2 aromatic carbocycles. The fourth-order valence-electron chi connectivity index (χ4n) is 2.52. The Morgan fingerprint density at radius 2 is 1.72 bits per heavy atom. The number of carbonyl (C=O) groups is 1. The molecule has 134 valence electrons. The van der Waals surface area contributed by atoms with Crippen LogP contribution < -0.4 is 19.5 Å². The molecule has 6 heteroatoms. The lowest BCUT2D eigenvalue weighted by molar-refractivity contribution is -0.121. The van der Waals surface area contributed by atoms with Crippen LogP contribution in [0.3, 0.4) is 0 Å². The molecule has 0 saturated carbocycles. The summed E-state index contributed by atoms with van der Waals surface area (Å²) >= 11 is 3.46. The van der Waals surface area contributed by atoms with Gasteiger partial charge in [0.15, 0.2) is 0 Å². The van der Waals surface area contributed by atoms with Crippen LogP contribution in [-0.2, 0) is 11.2 Å². The van der Waals surface area contributed by atoms with Gasteiger partial charge < -0.3 is 19.5 Å². The van der Waals surface area contributed by atoms with Gasteiger partial charge in [0, 0.05) is 5.56 Å². The van der Waals surface area contributed by atoms with Crippen LogP contribution >= 0.6 is 15.9 Å². The van der Waals surface area contributed by atoms with Crippen molar-refractivity contribution >= 4 is 21.8 Å². The number of ether oxygens (including phenoxy) is 3. The Morgan fingerprint density at radius 3 is 2.32 bits per heavy atom. The second-order valence-electron chi connectivity index (χ2n) is 5.54. The van der Waals surface area contributed by atoms with E-state index in [-0.39, 0.29) is 18.4 Å². The van der Waals surface area contributed by atoms with Gasteiger partial charge in [0.05, 0.1) is 38.3 Å². The molecule has 0 bridgehead atoms. The molecule has 1 atom stereocenters. The highest BCUT2D eigenvalue weighted by Crippen LogP contribution is 2.28. The molecule has 0 spiro atoms. The zero-order chi connectivity index (χ0) is 18.4. The summed E-state index contributed by atoms with van der Waals surface area (Å²) in [6.45, 7) is 1.94. The van der Waals surface area contributed by atoms with Crippen LogP contribution in [0.2, 0.25) is 0 Å². The third-order valence-corrected chi connectivity index (χ3v) is 4.51. The second-order valence-corrected chi connectivity index (χ2v) is 6.39. The number of hydrogen-bond donors (Lipinski definition) is 1. The van der Waals surface area contributed by atoms with Gasteiger partial charge >= 0.3 is 0 Å². The SMILES string of the molecule is COc1ccc(OC)c(CC(=O)NC(C)c2ccc(OC)c(Br)c2)c1. The summed E-state index contributed by atoms with van der Waals surface area (Å²) in [5.74, 6) is 2.01. The predicted molar refractivity (Wildman–Crippen MR) is 101 cm³/mol. The Bertz CT molecular complexity index is 748. The number of methoxy groups -OCH3 is 3. The van der Waals surface area contributed by atoms with Crippen molar-refractivity contribution < 1.29 is 19.0 Å². The Hall–Kier alpha value is -2.21. The molecule has 1 amide bonds. The summed E-state index contributed by atoms with van der Waals surface area (Å²) < 4.78 is 16.6. The standard InChI is InChI=1S/C19H22BrNO4/c1-12(13-5-7-18(25-4)16(20)10-13)21-19(22)11-14-9-15(23-2)6-8-17(14)24-3/h5-10,12H,11H2,1-4H3,(H,21,22). The van der Waals surface area contributed by atoms with Crippen LogP contribution in [0.15, 0.2) is 40.9 Å². The Morgan fingerprint density at radius 1 is 1.04 bits per heavy atom. The van der Waals surface area contributed by atoms with Crippen molar-refractivity contribution in [1.29, 1.82) is 0 Å². The van der Waals surface area contributed by atoms with Gasteiger partial charge in [-0.05, 0) is 58.7 Å². The molecule has 2 rings (SSSR count). The molecular formula is C19H22BrNO4. The summed E-state index contributed by atoms with van der Waals surface area (Å²) in [7, 11) is 4.79. The minimum atomic E-state index is -0.133.